The summed E-state index contributed by atoms with van der Waals surface area (Å²) in [6.07, 6.45) is 1.65. The van der Waals surface area contributed by atoms with Gasteiger partial charge >= 0.3 is 5.97 Å². The Bertz CT molecular complexity index is 1030. The van der Waals surface area contributed by atoms with Crippen LogP contribution in [0.3, 0.4) is 0 Å². The first-order valence-electron chi connectivity index (χ1n) is 8.44. The lowest BCUT2D eigenvalue weighted by molar-refractivity contribution is 0.0601. The third kappa shape index (κ3) is 3.15. The molecule has 0 bridgehead atoms. The largest absolute Gasteiger partial charge is 0.497 e. The Kier molecular flexibility index (Phi) is 5.54. The van der Waals surface area contributed by atoms with Crippen LogP contribution in [-0.2, 0) is 4.74 Å². The summed E-state index contributed by atoms with van der Waals surface area (Å²) in [7, 11) is 7.52. The Labute approximate surface area is 162 Å². The Balaban J connectivity index is 2.38. The smallest absolute Gasteiger partial charge is 0.338 e. The van der Waals surface area contributed by atoms with E-state index in [1.165, 1.54) is 14.2 Å². The third-order valence-electron chi connectivity index (χ3n) is 4.46. The second-order valence-electron chi connectivity index (χ2n) is 5.80. The molecule has 0 atom stereocenters. The third-order valence-corrected chi connectivity index (χ3v) is 4.46. The van der Waals surface area contributed by atoms with Gasteiger partial charge in [-0.1, -0.05) is 0 Å². The summed E-state index contributed by atoms with van der Waals surface area (Å²) >= 11 is 0. The average molecular weight is 383 g/mol. The van der Waals surface area contributed by atoms with Crippen LogP contribution in [0.5, 0.6) is 23.0 Å². The summed E-state index contributed by atoms with van der Waals surface area (Å²) in [5.41, 5.74) is 1.53. The van der Waals surface area contributed by atoms with Crippen LogP contribution in [0, 0.1) is 0 Å². The Morgan fingerprint density at radius 2 is 1.57 bits per heavy atom. The van der Waals surface area contributed by atoms with Gasteiger partial charge in [0.05, 0.1) is 46.8 Å². The van der Waals surface area contributed by atoms with E-state index in [-0.39, 0.29) is 0 Å². The predicted octanol–water partition coefficient (Wildman–Crippen LogP) is 3.72. The maximum absolute atomic E-state index is 12.4. The van der Waals surface area contributed by atoms with E-state index in [2.05, 4.69) is 4.98 Å². The molecule has 0 aliphatic carbocycles. The number of esters is 1. The number of benzene rings is 2. The molecule has 146 valence electrons. The fourth-order valence-electron chi connectivity index (χ4n) is 3.15. The Hall–Kier alpha value is -3.48. The summed E-state index contributed by atoms with van der Waals surface area (Å²) < 4.78 is 26.7. The van der Waals surface area contributed by atoms with Crippen LogP contribution in [0.15, 0.2) is 36.5 Å². The molecular weight excluding hydrogens is 362 g/mol. The highest BCUT2D eigenvalue weighted by atomic mass is 16.5. The van der Waals surface area contributed by atoms with Crippen molar-refractivity contribution in [3.05, 3.63) is 42.1 Å². The molecular formula is C21H21NO6. The van der Waals surface area contributed by atoms with Gasteiger partial charge in [0, 0.05) is 22.5 Å². The van der Waals surface area contributed by atoms with Gasteiger partial charge in [-0.3, -0.25) is 4.98 Å². The van der Waals surface area contributed by atoms with Crippen LogP contribution in [0.1, 0.15) is 10.4 Å². The number of methoxy groups -OCH3 is 5. The van der Waals surface area contributed by atoms with Crippen LogP contribution in [0.2, 0.25) is 0 Å². The zero-order valence-electron chi connectivity index (χ0n) is 16.4. The average Bonchev–Trinajstić information content (AvgIpc) is 2.76. The molecule has 2 aromatic carbocycles. The van der Waals surface area contributed by atoms with Gasteiger partial charge in [-0.25, -0.2) is 4.79 Å². The van der Waals surface area contributed by atoms with Gasteiger partial charge in [-0.2, -0.15) is 0 Å². The molecule has 1 heterocycles. The van der Waals surface area contributed by atoms with E-state index >= 15 is 0 Å². The highest BCUT2D eigenvalue weighted by Gasteiger charge is 2.22. The molecule has 28 heavy (non-hydrogen) atoms. The van der Waals surface area contributed by atoms with E-state index in [1.807, 2.05) is 12.1 Å². The maximum atomic E-state index is 12.4. The van der Waals surface area contributed by atoms with Gasteiger partial charge in [0.1, 0.15) is 5.75 Å². The molecule has 0 aliphatic heterocycles. The second-order valence-corrected chi connectivity index (χ2v) is 5.80. The molecule has 0 saturated carbocycles. The normalized spacial score (nSPS) is 10.5. The molecule has 0 saturated heterocycles. The summed E-state index contributed by atoms with van der Waals surface area (Å²) in [4.78, 5) is 16.9. The van der Waals surface area contributed by atoms with Crippen molar-refractivity contribution in [3.8, 4) is 34.3 Å². The molecule has 0 unspecified atom stereocenters. The fourth-order valence-corrected chi connectivity index (χ4v) is 3.15. The zero-order chi connectivity index (χ0) is 20.3. The van der Waals surface area contributed by atoms with Crippen LogP contribution in [0.4, 0.5) is 0 Å². The number of aromatic nitrogens is 1. The number of rotatable bonds is 6. The standard InChI is InChI=1S/C21H21NO6/c1-24-12-6-7-13(16(10-12)21(23)28-5)18-15-11-17(25-2)20(27-4)19(26-3)14(15)8-9-22-18/h6-11H,1-5H3. The summed E-state index contributed by atoms with van der Waals surface area (Å²) in [5, 5.41) is 1.52. The van der Waals surface area contributed by atoms with Crippen LogP contribution < -0.4 is 18.9 Å². The van der Waals surface area contributed by atoms with Crippen molar-refractivity contribution < 1.29 is 28.5 Å². The molecule has 0 fully saturated rings. The van der Waals surface area contributed by atoms with Gasteiger partial charge in [0.2, 0.25) is 5.75 Å². The molecule has 0 N–H and O–H groups in total. The molecule has 0 spiro atoms. The number of hydrogen-bond donors (Lipinski definition) is 0. The van der Waals surface area contributed by atoms with E-state index in [9.17, 15) is 4.79 Å². The number of fused-ring (bicyclic) bond motifs is 1. The SMILES string of the molecule is COC(=O)c1cc(OC)ccc1-c1nccc2c(OC)c(OC)c(OC)cc12. The summed E-state index contributed by atoms with van der Waals surface area (Å²) in [6, 6.07) is 8.79. The van der Waals surface area contributed by atoms with Crippen LogP contribution in [0.25, 0.3) is 22.0 Å². The van der Waals surface area contributed by atoms with Crippen LogP contribution in [-0.4, -0.2) is 46.5 Å². The van der Waals surface area contributed by atoms with E-state index in [4.69, 9.17) is 23.7 Å². The van der Waals surface area contributed by atoms with E-state index in [1.54, 1.807) is 45.7 Å². The van der Waals surface area contributed by atoms with Crippen molar-refractivity contribution in [1.29, 1.82) is 0 Å². The van der Waals surface area contributed by atoms with Crippen LogP contribution >= 0.6 is 0 Å². The molecule has 3 rings (SSSR count). The Morgan fingerprint density at radius 3 is 2.18 bits per heavy atom. The number of hydrogen-bond acceptors (Lipinski definition) is 7. The topological polar surface area (TPSA) is 76.1 Å². The van der Waals surface area contributed by atoms with Gasteiger partial charge < -0.3 is 23.7 Å². The van der Waals surface area contributed by atoms with E-state index < -0.39 is 5.97 Å². The van der Waals surface area contributed by atoms with E-state index in [0.717, 1.165) is 10.8 Å². The minimum Gasteiger partial charge on any atom is -0.497 e. The van der Waals surface area contributed by atoms with Gasteiger partial charge in [0.25, 0.3) is 0 Å². The molecule has 3 aromatic rings. The van der Waals surface area contributed by atoms with Crippen molar-refractivity contribution in [1.82, 2.24) is 4.98 Å². The van der Waals surface area contributed by atoms with Gasteiger partial charge in [0.15, 0.2) is 11.5 Å². The highest BCUT2D eigenvalue weighted by Crippen LogP contribution is 2.45. The quantitative estimate of drug-likeness (QED) is 0.601. The molecule has 0 radical (unpaired) electrons. The number of ether oxygens (including phenoxy) is 5. The monoisotopic (exact) mass is 383 g/mol. The number of carbonyl (C=O) groups excluding carboxylic acids is 1. The minimum atomic E-state index is -0.486. The number of pyridine rings is 1. The lowest BCUT2D eigenvalue weighted by Crippen LogP contribution is -2.05. The molecule has 0 amide bonds. The molecule has 1 aromatic heterocycles. The first-order chi connectivity index (χ1) is 13.6. The minimum absolute atomic E-state index is 0.343. The van der Waals surface area contributed by atoms with Crippen molar-refractivity contribution in [2.75, 3.05) is 35.5 Å². The fraction of sp³-hybridized carbons (Fsp3) is 0.238. The molecule has 7 heteroatoms. The van der Waals surface area contributed by atoms with Crippen molar-refractivity contribution in [2.45, 2.75) is 0 Å². The predicted molar refractivity (Wildman–Crippen MR) is 105 cm³/mol. The second kappa shape index (κ2) is 8.04. The van der Waals surface area contributed by atoms with Crippen molar-refractivity contribution in [2.24, 2.45) is 0 Å². The van der Waals surface area contributed by atoms with Gasteiger partial charge in [-0.05, 0) is 30.3 Å². The zero-order valence-corrected chi connectivity index (χ0v) is 16.4. The highest BCUT2D eigenvalue weighted by molar-refractivity contribution is 6.05. The van der Waals surface area contributed by atoms with Crippen molar-refractivity contribution >= 4 is 16.7 Å². The summed E-state index contributed by atoms with van der Waals surface area (Å²) in [5.74, 6) is 1.56. The van der Waals surface area contributed by atoms with Crippen molar-refractivity contribution in [3.63, 3.8) is 0 Å². The van der Waals surface area contributed by atoms with E-state index in [0.29, 0.717) is 39.8 Å². The molecule has 0 aliphatic rings. The summed E-state index contributed by atoms with van der Waals surface area (Å²) in [6.45, 7) is 0. The first kappa shape index (κ1) is 19.3. The first-order valence-corrected chi connectivity index (χ1v) is 8.44. The van der Waals surface area contributed by atoms with Gasteiger partial charge in [-0.15, -0.1) is 0 Å². The number of nitrogens with zero attached hydrogens (tertiary/aromatic N) is 1. The Morgan fingerprint density at radius 1 is 0.821 bits per heavy atom. The number of carbonyl (C=O) groups is 1. The lowest BCUT2D eigenvalue weighted by Gasteiger charge is -2.17. The lowest BCUT2D eigenvalue weighted by atomic mass is 9.98. The molecule has 7 nitrogen and oxygen atoms in total. The maximum Gasteiger partial charge on any atom is 0.338 e.